The number of aryl methyl sites for hydroxylation is 2. The van der Waals surface area contributed by atoms with Crippen molar-refractivity contribution in [2.45, 2.75) is 20.4 Å². The quantitative estimate of drug-likeness (QED) is 0.746. The van der Waals surface area contributed by atoms with E-state index in [0.29, 0.717) is 11.5 Å². The first-order chi connectivity index (χ1) is 12.1. The molecule has 0 atom stereocenters. The second-order valence-electron chi connectivity index (χ2n) is 5.83. The highest BCUT2D eigenvalue weighted by Crippen LogP contribution is 2.11. The monoisotopic (exact) mass is 333 g/mol. The molecule has 3 aromatic rings. The van der Waals surface area contributed by atoms with E-state index in [1.165, 1.54) is 16.2 Å². The van der Waals surface area contributed by atoms with Crippen LogP contribution in [0.2, 0.25) is 0 Å². The van der Waals surface area contributed by atoms with Crippen LogP contribution in [0.25, 0.3) is 5.69 Å². The third-order valence-electron chi connectivity index (χ3n) is 3.93. The van der Waals surface area contributed by atoms with Crippen LogP contribution in [-0.2, 0) is 6.54 Å². The summed E-state index contributed by atoms with van der Waals surface area (Å²) < 4.78 is 3.24. The van der Waals surface area contributed by atoms with Gasteiger partial charge in [0.15, 0.2) is 5.82 Å². The molecule has 0 spiro atoms. The molecule has 0 aliphatic heterocycles. The minimum Gasteiger partial charge on any atom is -0.395 e. The fourth-order valence-corrected chi connectivity index (χ4v) is 2.62. The number of nitrogens with zero attached hydrogens (tertiary/aromatic N) is 3. The molecule has 0 bridgehead atoms. The Kier molecular flexibility index (Phi) is 4.82. The molecule has 0 saturated carbocycles. The Morgan fingerprint density at radius 3 is 2.68 bits per heavy atom. The first-order valence-electron chi connectivity index (χ1n) is 8.03. The zero-order chi connectivity index (χ0) is 17.8. The van der Waals surface area contributed by atoms with Crippen molar-refractivity contribution in [1.29, 1.82) is 0 Å². The van der Waals surface area contributed by atoms with Crippen molar-refractivity contribution in [3.05, 3.63) is 81.8 Å². The summed E-state index contributed by atoms with van der Waals surface area (Å²) in [5.41, 5.74) is 3.80. The number of benzene rings is 1. The fourth-order valence-electron chi connectivity index (χ4n) is 2.62. The van der Waals surface area contributed by atoms with Crippen LogP contribution in [0, 0.1) is 25.7 Å². The highest BCUT2D eigenvalue weighted by molar-refractivity contribution is 5.46. The predicted octanol–water partition coefficient (Wildman–Crippen LogP) is 2.04. The molecule has 5 heteroatoms. The summed E-state index contributed by atoms with van der Waals surface area (Å²) in [7, 11) is 0. The van der Waals surface area contributed by atoms with E-state index in [0.717, 1.165) is 11.1 Å². The summed E-state index contributed by atoms with van der Waals surface area (Å²) in [6, 6.07) is 9.45. The molecule has 0 radical (unpaired) electrons. The van der Waals surface area contributed by atoms with Gasteiger partial charge in [0.25, 0.3) is 5.56 Å². The number of hydrogen-bond acceptors (Lipinski definition) is 3. The van der Waals surface area contributed by atoms with E-state index in [2.05, 4.69) is 29.8 Å². The molecule has 5 nitrogen and oxygen atoms in total. The van der Waals surface area contributed by atoms with Crippen LogP contribution in [0.3, 0.4) is 0 Å². The summed E-state index contributed by atoms with van der Waals surface area (Å²) in [5.74, 6) is 6.80. The lowest BCUT2D eigenvalue weighted by atomic mass is 10.1. The minimum absolute atomic E-state index is 0.0725. The molecule has 0 unspecified atom stereocenters. The predicted molar refractivity (Wildman–Crippen MR) is 96.8 cm³/mol. The maximum Gasteiger partial charge on any atom is 0.252 e. The normalized spacial score (nSPS) is 10.4. The maximum absolute atomic E-state index is 12.1. The molecule has 1 N–H and O–H groups in total. The molecular formula is C20H19N3O2. The summed E-state index contributed by atoms with van der Waals surface area (Å²) in [6.45, 7) is 4.29. The van der Waals surface area contributed by atoms with E-state index in [1.807, 2.05) is 19.1 Å². The lowest BCUT2D eigenvalue weighted by Gasteiger charge is -2.07. The van der Waals surface area contributed by atoms with E-state index in [4.69, 9.17) is 5.11 Å². The Labute approximate surface area is 146 Å². The lowest BCUT2D eigenvalue weighted by Crippen LogP contribution is -2.21. The summed E-state index contributed by atoms with van der Waals surface area (Å²) in [6.07, 6.45) is 5.09. The van der Waals surface area contributed by atoms with Gasteiger partial charge in [-0.25, -0.2) is 4.98 Å². The van der Waals surface area contributed by atoms with Crippen molar-refractivity contribution in [3.8, 4) is 17.5 Å². The number of pyridine rings is 1. The van der Waals surface area contributed by atoms with Crippen LogP contribution in [0.15, 0.2) is 53.7 Å². The molecule has 25 heavy (non-hydrogen) atoms. The molecule has 0 aliphatic carbocycles. The summed E-state index contributed by atoms with van der Waals surface area (Å²) >= 11 is 0. The van der Waals surface area contributed by atoms with Gasteiger partial charge < -0.3 is 9.67 Å². The fraction of sp³-hybridized carbons (Fsp3) is 0.200. The van der Waals surface area contributed by atoms with Crippen molar-refractivity contribution in [1.82, 2.24) is 14.1 Å². The molecular weight excluding hydrogens is 314 g/mol. The van der Waals surface area contributed by atoms with Crippen LogP contribution in [0.4, 0.5) is 0 Å². The molecule has 2 heterocycles. The maximum atomic E-state index is 12.1. The summed E-state index contributed by atoms with van der Waals surface area (Å²) in [4.78, 5) is 16.4. The number of rotatable bonds is 3. The van der Waals surface area contributed by atoms with Gasteiger partial charge in [-0.15, -0.1) is 0 Å². The average Bonchev–Trinajstić information content (AvgIpc) is 3.04. The Hall–Kier alpha value is -3.10. The summed E-state index contributed by atoms with van der Waals surface area (Å²) in [5, 5.41) is 8.97. The van der Waals surface area contributed by atoms with E-state index < -0.39 is 0 Å². The van der Waals surface area contributed by atoms with Gasteiger partial charge in [0, 0.05) is 36.8 Å². The van der Waals surface area contributed by atoms with Crippen LogP contribution >= 0.6 is 0 Å². The second-order valence-corrected chi connectivity index (χ2v) is 5.83. The van der Waals surface area contributed by atoms with Crippen molar-refractivity contribution in [2.75, 3.05) is 6.61 Å². The Balaban J connectivity index is 1.95. The van der Waals surface area contributed by atoms with Crippen molar-refractivity contribution in [3.63, 3.8) is 0 Å². The third kappa shape index (κ3) is 3.70. The second kappa shape index (κ2) is 7.20. The smallest absolute Gasteiger partial charge is 0.252 e. The van der Waals surface area contributed by atoms with Crippen LogP contribution in [0.5, 0.6) is 0 Å². The van der Waals surface area contributed by atoms with Gasteiger partial charge in [0.1, 0.15) is 0 Å². The third-order valence-corrected chi connectivity index (χ3v) is 3.93. The van der Waals surface area contributed by atoms with Gasteiger partial charge in [-0.2, -0.15) is 0 Å². The van der Waals surface area contributed by atoms with Gasteiger partial charge in [-0.1, -0.05) is 23.6 Å². The van der Waals surface area contributed by atoms with E-state index in [-0.39, 0.29) is 18.7 Å². The van der Waals surface area contributed by atoms with Gasteiger partial charge in [0.05, 0.1) is 12.3 Å². The molecule has 0 fully saturated rings. The van der Waals surface area contributed by atoms with E-state index in [1.54, 1.807) is 29.2 Å². The van der Waals surface area contributed by atoms with E-state index in [9.17, 15) is 4.79 Å². The number of aliphatic hydroxyl groups is 1. The van der Waals surface area contributed by atoms with Gasteiger partial charge in [-0.05, 0) is 37.5 Å². The number of aliphatic hydroxyl groups excluding tert-OH is 1. The SMILES string of the molecule is Cc1ccc(C#Cc2nccn2-c2ccn(CCO)c(=O)c2)c(C)c1. The number of hydrogen-bond donors (Lipinski definition) is 1. The molecule has 3 rings (SSSR count). The number of aromatic nitrogens is 3. The van der Waals surface area contributed by atoms with Crippen molar-refractivity contribution in [2.24, 2.45) is 0 Å². The highest BCUT2D eigenvalue weighted by Gasteiger charge is 2.05. The van der Waals surface area contributed by atoms with Gasteiger partial charge >= 0.3 is 0 Å². The molecule has 1 aromatic carbocycles. The lowest BCUT2D eigenvalue weighted by molar-refractivity contribution is 0.274. The topological polar surface area (TPSA) is 60.1 Å². The molecule has 0 aliphatic rings. The zero-order valence-corrected chi connectivity index (χ0v) is 14.2. The van der Waals surface area contributed by atoms with Gasteiger partial charge in [0.2, 0.25) is 0 Å². The van der Waals surface area contributed by atoms with Crippen molar-refractivity contribution < 1.29 is 5.11 Å². The largest absolute Gasteiger partial charge is 0.395 e. The minimum atomic E-state index is -0.173. The Bertz CT molecular complexity index is 1020. The first-order valence-corrected chi connectivity index (χ1v) is 8.03. The zero-order valence-electron chi connectivity index (χ0n) is 14.2. The molecule has 2 aromatic heterocycles. The van der Waals surface area contributed by atoms with Crippen molar-refractivity contribution >= 4 is 0 Å². The van der Waals surface area contributed by atoms with Crippen LogP contribution < -0.4 is 5.56 Å². The molecule has 0 saturated heterocycles. The average molecular weight is 333 g/mol. The Morgan fingerprint density at radius 1 is 1.12 bits per heavy atom. The Morgan fingerprint density at radius 2 is 1.96 bits per heavy atom. The standard InChI is InChI=1S/C20H19N3O2/c1-15-3-4-17(16(2)13-15)5-6-19-21-8-10-23(19)18-7-9-22(11-12-24)20(25)14-18/h3-4,7-10,13-14,24H,11-12H2,1-2H3. The van der Waals surface area contributed by atoms with Crippen LogP contribution in [0.1, 0.15) is 22.5 Å². The van der Waals surface area contributed by atoms with E-state index >= 15 is 0 Å². The molecule has 126 valence electrons. The van der Waals surface area contributed by atoms with Gasteiger partial charge in [-0.3, -0.25) is 9.36 Å². The number of imidazole rings is 1. The first kappa shape index (κ1) is 16.7. The molecule has 0 amide bonds. The highest BCUT2D eigenvalue weighted by atomic mass is 16.3. The van der Waals surface area contributed by atoms with Crippen LogP contribution in [-0.4, -0.2) is 25.8 Å².